The first kappa shape index (κ1) is 14.7. The fourth-order valence-corrected chi connectivity index (χ4v) is 4.56. The van der Waals surface area contributed by atoms with E-state index >= 15 is 0 Å². The zero-order valence-electron chi connectivity index (χ0n) is 12.2. The van der Waals surface area contributed by atoms with Gasteiger partial charge in [0.15, 0.2) is 0 Å². The van der Waals surface area contributed by atoms with Gasteiger partial charge in [-0.3, -0.25) is 0 Å². The molecule has 0 aromatic rings. The summed E-state index contributed by atoms with van der Waals surface area (Å²) in [6.07, 6.45) is 7.69. The average Bonchev–Trinajstić information content (AvgIpc) is 2.77. The Kier molecular flexibility index (Phi) is 5.40. The molecule has 106 valence electrons. The zero-order valence-corrected chi connectivity index (χ0v) is 13.0. The Bertz CT molecular complexity index is 261. The first-order chi connectivity index (χ1) is 8.67. The molecule has 0 aromatic heterocycles. The van der Waals surface area contributed by atoms with Crippen molar-refractivity contribution in [2.75, 3.05) is 12.4 Å². The van der Waals surface area contributed by atoms with Crippen molar-refractivity contribution in [3.63, 3.8) is 0 Å². The molecule has 18 heavy (non-hydrogen) atoms. The van der Waals surface area contributed by atoms with Gasteiger partial charge >= 0.3 is 0 Å². The molecular formula is C15H29NOS. The van der Waals surface area contributed by atoms with Gasteiger partial charge in [-0.25, -0.2) is 0 Å². The van der Waals surface area contributed by atoms with Crippen molar-refractivity contribution >= 4 is 11.8 Å². The van der Waals surface area contributed by atoms with Crippen LogP contribution in [0.2, 0.25) is 0 Å². The van der Waals surface area contributed by atoms with Gasteiger partial charge in [0, 0.05) is 23.9 Å². The van der Waals surface area contributed by atoms with Crippen LogP contribution < -0.4 is 5.32 Å². The molecule has 2 aliphatic rings. The molecule has 1 saturated carbocycles. The second-order valence-corrected chi connectivity index (χ2v) is 7.56. The van der Waals surface area contributed by atoms with Crippen LogP contribution in [-0.4, -0.2) is 35.3 Å². The van der Waals surface area contributed by atoms with Gasteiger partial charge in [0.2, 0.25) is 0 Å². The topological polar surface area (TPSA) is 21.3 Å². The molecule has 2 fully saturated rings. The Morgan fingerprint density at radius 2 is 2.11 bits per heavy atom. The first-order valence-corrected chi connectivity index (χ1v) is 8.73. The maximum Gasteiger partial charge on any atom is 0.0666 e. The standard InChI is InChI=1S/C15H29NOS/c1-4-15(3)11-12(9-10-17-15)16-13-7-6-8-14(13)18-5-2/h12-14,16H,4-11H2,1-3H3. The van der Waals surface area contributed by atoms with Gasteiger partial charge in [-0.1, -0.05) is 20.3 Å². The minimum Gasteiger partial charge on any atom is -0.375 e. The maximum absolute atomic E-state index is 5.94. The van der Waals surface area contributed by atoms with E-state index in [2.05, 4.69) is 37.8 Å². The molecule has 0 amide bonds. The van der Waals surface area contributed by atoms with Crippen LogP contribution in [0.1, 0.15) is 59.3 Å². The molecule has 0 spiro atoms. The fraction of sp³-hybridized carbons (Fsp3) is 1.00. The lowest BCUT2D eigenvalue weighted by atomic mass is 9.89. The summed E-state index contributed by atoms with van der Waals surface area (Å²) in [6, 6.07) is 1.42. The van der Waals surface area contributed by atoms with E-state index in [4.69, 9.17) is 4.74 Å². The molecule has 1 N–H and O–H groups in total. The fourth-order valence-electron chi connectivity index (χ4n) is 3.35. The van der Waals surface area contributed by atoms with Gasteiger partial charge in [0.1, 0.15) is 0 Å². The van der Waals surface area contributed by atoms with Gasteiger partial charge < -0.3 is 10.1 Å². The minimum atomic E-state index is 0.113. The van der Waals surface area contributed by atoms with Gasteiger partial charge in [0.25, 0.3) is 0 Å². The summed E-state index contributed by atoms with van der Waals surface area (Å²) in [5.41, 5.74) is 0.113. The molecule has 4 atom stereocenters. The monoisotopic (exact) mass is 271 g/mol. The van der Waals surface area contributed by atoms with Crippen molar-refractivity contribution in [1.29, 1.82) is 0 Å². The molecule has 1 heterocycles. The van der Waals surface area contributed by atoms with Crippen LogP contribution in [0.5, 0.6) is 0 Å². The van der Waals surface area contributed by atoms with Crippen LogP contribution in [-0.2, 0) is 4.74 Å². The summed E-state index contributed by atoms with van der Waals surface area (Å²) in [6.45, 7) is 7.73. The van der Waals surface area contributed by atoms with E-state index < -0.39 is 0 Å². The van der Waals surface area contributed by atoms with Crippen molar-refractivity contribution in [1.82, 2.24) is 5.32 Å². The van der Waals surface area contributed by atoms with E-state index in [1.54, 1.807) is 0 Å². The second kappa shape index (κ2) is 6.62. The summed E-state index contributed by atoms with van der Waals surface area (Å²) in [5, 5.41) is 4.79. The number of nitrogens with one attached hydrogen (secondary N) is 1. The lowest BCUT2D eigenvalue weighted by Gasteiger charge is -2.39. The predicted molar refractivity (Wildman–Crippen MR) is 80.4 cm³/mol. The SMILES string of the molecule is CCSC1CCCC1NC1CCOC(C)(CC)C1. The molecule has 3 heteroatoms. The highest BCUT2D eigenvalue weighted by Gasteiger charge is 2.35. The second-order valence-electron chi connectivity index (χ2n) is 6.04. The van der Waals surface area contributed by atoms with Crippen LogP contribution in [0.25, 0.3) is 0 Å². The third-order valence-corrected chi connectivity index (χ3v) is 5.95. The highest BCUT2D eigenvalue weighted by molar-refractivity contribution is 7.99. The quantitative estimate of drug-likeness (QED) is 0.825. The molecule has 1 aliphatic heterocycles. The molecule has 2 nitrogen and oxygen atoms in total. The highest BCUT2D eigenvalue weighted by Crippen LogP contribution is 2.33. The van der Waals surface area contributed by atoms with Crippen LogP contribution in [0.3, 0.4) is 0 Å². The van der Waals surface area contributed by atoms with Gasteiger partial charge in [-0.2, -0.15) is 11.8 Å². The number of ether oxygens (including phenoxy) is 1. The van der Waals surface area contributed by atoms with Crippen molar-refractivity contribution < 1.29 is 4.74 Å². The number of thioether (sulfide) groups is 1. The Balaban J connectivity index is 1.85. The Hall–Kier alpha value is 0.270. The largest absolute Gasteiger partial charge is 0.375 e. The average molecular weight is 271 g/mol. The van der Waals surface area contributed by atoms with Crippen molar-refractivity contribution in [2.24, 2.45) is 0 Å². The van der Waals surface area contributed by atoms with Gasteiger partial charge in [0.05, 0.1) is 5.60 Å². The molecule has 0 radical (unpaired) electrons. The molecular weight excluding hydrogens is 242 g/mol. The summed E-state index contributed by atoms with van der Waals surface area (Å²) >= 11 is 2.15. The molecule has 1 aliphatic carbocycles. The van der Waals surface area contributed by atoms with E-state index in [1.807, 2.05) is 0 Å². The number of hydrogen-bond donors (Lipinski definition) is 1. The first-order valence-electron chi connectivity index (χ1n) is 7.68. The molecule has 4 unspecified atom stereocenters. The van der Waals surface area contributed by atoms with Crippen LogP contribution >= 0.6 is 11.8 Å². The van der Waals surface area contributed by atoms with Gasteiger partial charge in [-0.05, 0) is 44.8 Å². The summed E-state index contributed by atoms with van der Waals surface area (Å²) in [5.74, 6) is 1.25. The third-order valence-electron chi connectivity index (χ3n) is 4.63. The number of rotatable bonds is 5. The third kappa shape index (κ3) is 3.64. The summed E-state index contributed by atoms with van der Waals surface area (Å²) < 4.78 is 5.94. The lowest BCUT2D eigenvalue weighted by Crippen LogP contribution is -2.49. The molecule has 0 bridgehead atoms. The van der Waals surface area contributed by atoms with Crippen LogP contribution in [0, 0.1) is 0 Å². The van der Waals surface area contributed by atoms with Crippen molar-refractivity contribution in [3.05, 3.63) is 0 Å². The molecule has 1 saturated heterocycles. The minimum absolute atomic E-state index is 0.113. The van der Waals surface area contributed by atoms with Crippen LogP contribution in [0.4, 0.5) is 0 Å². The van der Waals surface area contributed by atoms with E-state index in [9.17, 15) is 0 Å². The summed E-state index contributed by atoms with van der Waals surface area (Å²) in [7, 11) is 0. The molecule has 0 aromatic carbocycles. The van der Waals surface area contributed by atoms with E-state index in [0.29, 0.717) is 6.04 Å². The Labute approximate surface area is 117 Å². The van der Waals surface area contributed by atoms with E-state index in [0.717, 1.165) is 24.3 Å². The maximum atomic E-state index is 5.94. The predicted octanol–water partition coefficient (Wildman–Crippen LogP) is 3.60. The molecule has 2 rings (SSSR count). The van der Waals surface area contributed by atoms with Crippen LogP contribution in [0.15, 0.2) is 0 Å². The summed E-state index contributed by atoms with van der Waals surface area (Å²) in [4.78, 5) is 0. The Morgan fingerprint density at radius 1 is 1.28 bits per heavy atom. The normalized spacial score (nSPS) is 41.2. The van der Waals surface area contributed by atoms with Crippen molar-refractivity contribution in [3.8, 4) is 0 Å². The van der Waals surface area contributed by atoms with E-state index in [-0.39, 0.29) is 5.60 Å². The highest BCUT2D eigenvalue weighted by atomic mass is 32.2. The number of hydrogen-bond acceptors (Lipinski definition) is 3. The zero-order chi connectivity index (χ0) is 13.0. The lowest BCUT2D eigenvalue weighted by molar-refractivity contribution is -0.0789. The van der Waals surface area contributed by atoms with Gasteiger partial charge in [-0.15, -0.1) is 0 Å². The smallest absolute Gasteiger partial charge is 0.0666 e. The Morgan fingerprint density at radius 3 is 2.83 bits per heavy atom. The van der Waals surface area contributed by atoms with Crippen molar-refractivity contribution in [2.45, 2.75) is 82.2 Å². The van der Waals surface area contributed by atoms with E-state index in [1.165, 1.54) is 37.9 Å².